The molecule has 1 amide bonds. The zero-order chi connectivity index (χ0) is 19.1. The fraction of sp³-hybridized carbons (Fsp3) is 0.500. The Balaban J connectivity index is 1.76. The number of carbonyl (C=O) groups excluding carboxylic acids is 1. The lowest BCUT2D eigenvalue weighted by Gasteiger charge is -2.34. The van der Waals surface area contributed by atoms with E-state index in [1.54, 1.807) is 11.6 Å². The normalized spacial score (nSPS) is 17.5. The fourth-order valence-corrected chi connectivity index (χ4v) is 3.61. The molecular formula is C18H22N6O3. The van der Waals surface area contributed by atoms with Gasteiger partial charge in [-0.3, -0.25) is 9.48 Å². The summed E-state index contributed by atoms with van der Waals surface area (Å²) in [5.41, 5.74) is 4.27. The van der Waals surface area contributed by atoms with Gasteiger partial charge in [-0.05, 0) is 45.2 Å². The van der Waals surface area contributed by atoms with Crippen molar-refractivity contribution in [2.45, 2.75) is 46.1 Å². The molecule has 9 nitrogen and oxygen atoms in total. The third kappa shape index (κ3) is 2.92. The number of likely N-dealkylation sites (tertiary alicyclic amines) is 1. The molecule has 0 unspecified atom stereocenters. The van der Waals surface area contributed by atoms with Crippen molar-refractivity contribution >= 4 is 5.91 Å². The molecule has 0 saturated carbocycles. The largest absolute Gasteiger partial charge is 0.356 e. The molecule has 9 heteroatoms. The van der Waals surface area contributed by atoms with E-state index in [9.17, 15) is 4.79 Å². The lowest BCUT2D eigenvalue weighted by atomic mass is 9.95. The third-order valence-corrected chi connectivity index (χ3v) is 5.19. The summed E-state index contributed by atoms with van der Waals surface area (Å²) in [5.74, 6) is 0.522. The molecule has 3 aromatic rings. The topological polar surface area (TPSA) is 103 Å². The van der Waals surface area contributed by atoms with Crippen LogP contribution in [0.1, 0.15) is 58.4 Å². The predicted octanol–water partition coefficient (Wildman–Crippen LogP) is 2.75. The number of piperidine rings is 1. The molecule has 1 aliphatic rings. The standard InChI is InChI=1S/C18H22N6O3/c1-10-11(2)20-26-17(10)13-9-23(4)19-16(13)14-7-5-6-8-24(14)18(25)15-12(3)21-27-22-15/h9,14H,5-8H2,1-4H3/t14-/m1/s1. The summed E-state index contributed by atoms with van der Waals surface area (Å²) < 4.78 is 12.0. The summed E-state index contributed by atoms with van der Waals surface area (Å²) in [4.78, 5) is 14.9. The maximum absolute atomic E-state index is 13.1. The first-order valence-electron chi connectivity index (χ1n) is 9.04. The maximum Gasteiger partial charge on any atom is 0.278 e. The second-order valence-electron chi connectivity index (χ2n) is 7.03. The molecular weight excluding hydrogens is 348 g/mol. The number of rotatable bonds is 3. The van der Waals surface area contributed by atoms with E-state index in [1.165, 1.54) is 0 Å². The first-order valence-corrected chi connectivity index (χ1v) is 9.04. The molecule has 1 saturated heterocycles. The van der Waals surface area contributed by atoms with Gasteiger partial charge in [-0.1, -0.05) is 10.3 Å². The molecule has 3 aromatic heterocycles. The Bertz CT molecular complexity index is 985. The van der Waals surface area contributed by atoms with Gasteiger partial charge in [0.05, 0.1) is 23.0 Å². The van der Waals surface area contributed by atoms with Gasteiger partial charge in [0.1, 0.15) is 5.69 Å². The van der Waals surface area contributed by atoms with E-state index >= 15 is 0 Å². The zero-order valence-corrected chi connectivity index (χ0v) is 15.9. The van der Waals surface area contributed by atoms with Crippen molar-refractivity contribution in [1.82, 2.24) is 30.2 Å². The van der Waals surface area contributed by atoms with Crippen LogP contribution in [0, 0.1) is 20.8 Å². The van der Waals surface area contributed by atoms with Crippen molar-refractivity contribution < 1.29 is 13.9 Å². The Kier molecular flexibility index (Phi) is 4.29. The number of aromatic nitrogens is 5. The Morgan fingerprint density at radius 3 is 2.63 bits per heavy atom. The highest BCUT2D eigenvalue weighted by atomic mass is 16.6. The first kappa shape index (κ1) is 17.4. The molecule has 4 heterocycles. The van der Waals surface area contributed by atoms with Crippen molar-refractivity contribution in [2.75, 3.05) is 6.54 Å². The Morgan fingerprint density at radius 2 is 1.96 bits per heavy atom. The van der Waals surface area contributed by atoms with E-state index in [0.717, 1.165) is 41.8 Å². The molecule has 1 atom stereocenters. The van der Waals surface area contributed by atoms with E-state index in [0.29, 0.717) is 18.0 Å². The van der Waals surface area contributed by atoms with Gasteiger partial charge in [-0.25, -0.2) is 4.63 Å². The lowest BCUT2D eigenvalue weighted by molar-refractivity contribution is 0.0594. The monoisotopic (exact) mass is 370 g/mol. The number of carbonyl (C=O) groups is 1. The molecule has 0 radical (unpaired) electrons. The van der Waals surface area contributed by atoms with Crippen LogP contribution in [-0.4, -0.2) is 42.6 Å². The van der Waals surface area contributed by atoms with Crippen molar-refractivity contribution in [3.63, 3.8) is 0 Å². The molecule has 1 fully saturated rings. The minimum atomic E-state index is -0.180. The Morgan fingerprint density at radius 1 is 1.15 bits per heavy atom. The molecule has 27 heavy (non-hydrogen) atoms. The highest BCUT2D eigenvalue weighted by Crippen LogP contribution is 2.38. The summed E-state index contributed by atoms with van der Waals surface area (Å²) in [7, 11) is 1.87. The van der Waals surface area contributed by atoms with Gasteiger partial charge in [0, 0.05) is 25.4 Å². The molecule has 4 rings (SSSR count). The van der Waals surface area contributed by atoms with Crippen molar-refractivity contribution in [1.29, 1.82) is 0 Å². The summed E-state index contributed by atoms with van der Waals surface area (Å²) in [6.45, 7) is 6.25. The van der Waals surface area contributed by atoms with E-state index in [-0.39, 0.29) is 17.6 Å². The van der Waals surface area contributed by atoms with E-state index < -0.39 is 0 Å². The molecule has 142 valence electrons. The molecule has 0 aromatic carbocycles. The van der Waals surface area contributed by atoms with Crippen LogP contribution in [-0.2, 0) is 7.05 Å². The van der Waals surface area contributed by atoms with Crippen LogP contribution >= 0.6 is 0 Å². The van der Waals surface area contributed by atoms with E-state index in [4.69, 9.17) is 9.15 Å². The predicted molar refractivity (Wildman–Crippen MR) is 94.8 cm³/mol. The second-order valence-corrected chi connectivity index (χ2v) is 7.03. The number of nitrogens with zero attached hydrogens (tertiary/aromatic N) is 6. The SMILES string of the molecule is Cc1nonc1C(=O)N1CCCC[C@@H]1c1nn(C)cc1-c1onc(C)c1C. The molecule has 0 N–H and O–H groups in total. The number of hydrogen-bond acceptors (Lipinski definition) is 7. The van der Waals surface area contributed by atoms with Crippen LogP contribution in [0.25, 0.3) is 11.3 Å². The smallest absolute Gasteiger partial charge is 0.278 e. The van der Waals surface area contributed by atoms with Crippen molar-refractivity contribution in [2.24, 2.45) is 7.05 Å². The van der Waals surface area contributed by atoms with Gasteiger partial charge in [0.2, 0.25) is 0 Å². The summed E-state index contributed by atoms with van der Waals surface area (Å²) >= 11 is 0. The lowest BCUT2D eigenvalue weighted by Crippen LogP contribution is -2.39. The average Bonchev–Trinajstić information content (AvgIpc) is 3.34. The number of amides is 1. The van der Waals surface area contributed by atoms with Crippen LogP contribution in [0.3, 0.4) is 0 Å². The first-order chi connectivity index (χ1) is 13.0. The van der Waals surface area contributed by atoms with Crippen LogP contribution in [0.15, 0.2) is 15.3 Å². The van der Waals surface area contributed by atoms with Gasteiger partial charge in [-0.15, -0.1) is 0 Å². The summed E-state index contributed by atoms with van der Waals surface area (Å²) in [6.07, 6.45) is 4.71. The molecule has 0 aliphatic carbocycles. The Hall–Kier alpha value is -2.97. The quantitative estimate of drug-likeness (QED) is 0.698. The highest BCUT2D eigenvalue weighted by Gasteiger charge is 2.35. The van der Waals surface area contributed by atoms with Gasteiger partial charge in [0.25, 0.3) is 5.91 Å². The van der Waals surface area contributed by atoms with Crippen molar-refractivity contribution in [3.8, 4) is 11.3 Å². The minimum Gasteiger partial charge on any atom is -0.356 e. The minimum absolute atomic E-state index is 0.164. The maximum atomic E-state index is 13.1. The van der Waals surface area contributed by atoms with Gasteiger partial charge >= 0.3 is 0 Å². The van der Waals surface area contributed by atoms with Gasteiger partial charge in [0.15, 0.2) is 11.5 Å². The summed E-state index contributed by atoms with van der Waals surface area (Å²) in [6, 6.07) is -0.164. The van der Waals surface area contributed by atoms with Crippen LogP contribution in [0.2, 0.25) is 0 Å². The molecule has 0 spiro atoms. The average molecular weight is 370 g/mol. The highest BCUT2D eigenvalue weighted by molar-refractivity contribution is 5.93. The second kappa shape index (κ2) is 6.64. The number of hydrogen-bond donors (Lipinski definition) is 0. The molecule has 0 bridgehead atoms. The molecule has 1 aliphatic heterocycles. The Labute approximate surface area is 156 Å². The summed E-state index contributed by atoms with van der Waals surface area (Å²) in [5, 5.41) is 16.3. The van der Waals surface area contributed by atoms with Crippen LogP contribution in [0.4, 0.5) is 0 Å². The van der Waals surface area contributed by atoms with Crippen LogP contribution < -0.4 is 0 Å². The van der Waals surface area contributed by atoms with E-state index in [1.807, 2.05) is 32.0 Å². The van der Waals surface area contributed by atoms with Crippen LogP contribution in [0.5, 0.6) is 0 Å². The zero-order valence-electron chi connectivity index (χ0n) is 15.9. The number of aryl methyl sites for hydroxylation is 3. The van der Waals surface area contributed by atoms with Crippen molar-refractivity contribution in [3.05, 3.63) is 34.5 Å². The van der Waals surface area contributed by atoms with Gasteiger partial charge < -0.3 is 9.42 Å². The fourth-order valence-electron chi connectivity index (χ4n) is 3.61. The third-order valence-electron chi connectivity index (χ3n) is 5.19. The van der Waals surface area contributed by atoms with E-state index in [2.05, 4.69) is 20.6 Å². The van der Waals surface area contributed by atoms with Gasteiger partial charge in [-0.2, -0.15) is 5.10 Å².